The average molecular weight is 277 g/mol. The van der Waals surface area contributed by atoms with Crippen LogP contribution in [0, 0.1) is 5.92 Å². The standard InChI is InChI=1S/C15H23N3O2/c1-15(2,3)18-11-12(10-13(18)19)14(20)16-6-9-17-7-4-5-8-17/h4-5,7-8,12H,6,9-11H2,1-3H3,(H,16,20). The van der Waals surface area contributed by atoms with Crippen LogP contribution < -0.4 is 5.32 Å². The average Bonchev–Trinajstić information content (AvgIpc) is 2.97. The van der Waals surface area contributed by atoms with Crippen LogP contribution >= 0.6 is 0 Å². The molecule has 1 fully saturated rings. The van der Waals surface area contributed by atoms with E-state index >= 15 is 0 Å². The molecule has 1 N–H and O–H groups in total. The van der Waals surface area contributed by atoms with E-state index in [0.717, 1.165) is 6.54 Å². The van der Waals surface area contributed by atoms with Gasteiger partial charge in [-0.05, 0) is 32.9 Å². The Balaban J connectivity index is 1.80. The highest BCUT2D eigenvalue weighted by Crippen LogP contribution is 2.25. The van der Waals surface area contributed by atoms with Crippen LogP contribution in [-0.2, 0) is 16.1 Å². The number of carbonyl (C=O) groups is 2. The van der Waals surface area contributed by atoms with Gasteiger partial charge in [-0.3, -0.25) is 9.59 Å². The molecule has 110 valence electrons. The summed E-state index contributed by atoms with van der Waals surface area (Å²) in [6, 6.07) is 3.91. The zero-order valence-corrected chi connectivity index (χ0v) is 12.4. The van der Waals surface area contributed by atoms with E-state index in [1.807, 2.05) is 49.9 Å². The van der Waals surface area contributed by atoms with Gasteiger partial charge in [0.05, 0.1) is 5.92 Å². The lowest BCUT2D eigenvalue weighted by atomic mass is 10.1. The van der Waals surface area contributed by atoms with Crippen molar-refractivity contribution in [1.82, 2.24) is 14.8 Å². The molecule has 2 amide bonds. The number of aromatic nitrogens is 1. The SMILES string of the molecule is CC(C)(C)N1CC(C(=O)NCCn2cccc2)CC1=O. The van der Waals surface area contributed by atoms with Gasteiger partial charge in [0.25, 0.3) is 0 Å². The molecule has 1 aliphatic rings. The molecule has 0 bridgehead atoms. The van der Waals surface area contributed by atoms with Crippen LogP contribution in [-0.4, -0.2) is 39.9 Å². The van der Waals surface area contributed by atoms with Crippen molar-refractivity contribution in [2.24, 2.45) is 5.92 Å². The second-order valence-electron chi connectivity index (χ2n) is 6.29. The molecule has 1 saturated heterocycles. The van der Waals surface area contributed by atoms with Gasteiger partial charge in [-0.1, -0.05) is 0 Å². The number of amides is 2. The van der Waals surface area contributed by atoms with Crippen LogP contribution in [0.15, 0.2) is 24.5 Å². The summed E-state index contributed by atoms with van der Waals surface area (Å²) in [6.45, 7) is 7.86. The fourth-order valence-corrected chi connectivity index (χ4v) is 2.50. The Morgan fingerprint density at radius 1 is 1.35 bits per heavy atom. The number of likely N-dealkylation sites (tertiary alicyclic amines) is 1. The van der Waals surface area contributed by atoms with Gasteiger partial charge in [0, 0.05) is 44.0 Å². The van der Waals surface area contributed by atoms with E-state index in [9.17, 15) is 9.59 Å². The molecular formula is C15H23N3O2. The third-order valence-corrected chi connectivity index (χ3v) is 3.64. The Kier molecular flexibility index (Phi) is 4.16. The number of hydrogen-bond acceptors (Lipinski definition) is 2. The number of nitrogens with one attached hydrogen (secondary N) is 1. The first kappa shape index (κ1) is 14.6. The van der Waals surface area contributed by atoms with Crippen LogP contribution in [0.3, 0.4) is 0 Å². The first-order valence-electron chi connectivity index (χ1n) is 7.07. The molecule has 0 saturated carbocycles. The predicted octanol–water partition coefficient (Wildman–Crippen LogP) is 1.25. The minimum Gasteiger partial charge on any atom is -0.354 e. The van der Waals surface area contributed by atoms with E-state index in [1.165, 1.54) is 0 Å². The van der Waals surface area contributed by atoms with Crippen molar-refractivity contribution in [2.75, 3.05) is 13.1 Å². The summed E-state index contributed by atoms with van der Waals surface area (Å²) >= 11 is 0. The van der Waals surface area contributed by atoms with Crippen molar-refractivity contribution in [3.63, 3.8) is 0 Å². The largest absolute Gasteiger partial charge is 0.354 e. The smallest absolute Gasteiger partial charge is 0.225 e. The lowest BCUT2D eigenvalue weighted by Crippen LogP contribution is -2.43. The van der Waals surface area contributed by atoms with Crippen molar-refractivity contribution in [1.29, 1.82) is 0 Å². The molecule has 1 aliphatic heterocycles. The highest BCUT2D eigenvalue weighted by Gasteiger charge is 2.39. The minimum atomic E-state index is -0.216. The molecule has 5 heteroatoms. The highest BCUT2D eigenvalue weighted by molar-refractivity contribution is 5.89. The molecule has 2 heterocycles. The molecule has 5 nitrogen and oxygen atoms in total. The maximum absolute atomic E-state index is 12.1. The van der Waals surface area contributed by atoms with E-state index in [4.69, 9.17) is 0 Å². The van der Waals surface area contributed by atoms with Crippen molar-refractivity contribution in [3.8, 4) is 0 Å². The van der Waals surface area contributed by atoms with E-state index in [-0.39, 0.29) is 23.3 Å². The Labute approximate surface area is 119 Å². The molecular weight excluding hydrogens is 254 g/mol. The van der Waals surface area contributed by atoms with Crippen LogP contribution in [0.2, 0.25) is 0 Å². The Morgan fingerprint density at radius 3 is 2.55 bits per heavy atom. The molecule has 2 rings (SSSR count). The second-order valence-corrected chi connectivity index (χ2v) is 6.29. The first-order valence-corrected chi connectivity index (χ1v) is 7.07. The van der Waals surface area contributed by atoms with Crippen molar-refractivity contribution >= 4 is 11.8 Å². The second kappa shape index (κ2) is 5.69. The fourth-order valence-electron chi connectivity index (χ4n) is 2.50. The third kappa shape index (κ3) is 3.40. The van der Waals surface area contributed by atoms with Gasteiger partial charge in [0.2, 0.25) is 11.8 Å². The van der Waals surface area contributed by atoms with Gasteiger partial charge in [-0.25, -0.2) is 0 Å². The normalized spacial score (nSPS) is 19.4. The quantitative estimate of drug-likeness (QED) is 0.900. The summed E-state index contributed by atoms with van der Waals surface area (Å²) in [5.41, 5.74) is -0.211. The lowest BCUT2D eigenvalue weighted by Gasteiger charge is -2.31. The van der Waals surface area contributed by atoms with Crippen molar-refractivity contribution < 1.29 is 9.59 Å². The van der Waals surface area contributed by atoms with Gasteiger partial charge in [0.1, 0.15) is 0 Å². The van der Waals surface area contributed by atoms with Gasteiger partial charge in [-0.2, -0.15) is 0 Å². The summed E-state index contributed by atoms with van der Waals surface area (Å²) in [5, 5.41) is 2.92. The van der Waals surface area contributed by atoms with Gasteiger partial charge < -0.3 is 14.8 Å². The third-order valence-electron chi connectivity index (χ3n) is 3.64. The van der Waals surface area contributed by atoms with Crippen molar-refractivity contribution in [2.45, 2.75) is 39.3 Å². The summed E-state index contributed by atoms with van der Waals surface area (Å²) in [4.78, 5) is 25.8. The minimum absolute atomic E-state index is 0.0164. The number of hydrogen-bond donors (Lipinski definition) is 1. The molecule has 1 unspecified atom stereocenters. The van der Waals surface area contributed by atoms with Crippen LogP contribution in [0.5, 0.6) is 0 Å². The van der Waals surface area contributed by atoms with E-state index in [2.05, 4.69) is 5.32 Å². The summed E-state index contributed by atoms with van der Waals surface area (Å²) in [7, 11) is 0. The molecule has 20 heavy (non-hydrogen) atoms. The Morgan fingerprint density at radius 2 is 2.00 bits per heavy atom. The maximum atomic E-state index is 12.1. The number of rotatable bonds is 4. The molecule has 1 aromatic rings. The predicted molar refractivity (Wildman–Crippen MR) is 77.0 cm³/mol. The van der Waals surface area contributed by atoms with Crippen LogP contribution in [0.4, 0.5) is 0 Å². The fraction of sp³-hybridized carbons (Fsp3) is 0.600. The van der Waals surface area contributed by atoms with E-state index < -0.39 is 0 Å². The molecule has 1 atom stereocenters. The zero-order valence-electron chi connectivity index (χ0n) is 12.4. The number of nitrogens with zero attached hydrogens (tertiary/aromatic N) is 2. The van der Waals surface area contributed by atoms with Gasteiger partial charge in [-0.15, -0.1) is 0 Å². The topological polar surface area (TPSA) is 54.3 Å². The summed E-state index contributed by atoms with van der Waals surface area (Å²) in [6.07, 6.45) is 4.26. The van der Waals surface area contributed by atoms with Gasteiger partial charge >= 0.3 is 0 Å². The summed E-state index contributed by atoms with van der Waals surface area (Å²) < 4.78 is 2.02. The Bertz CT molecular complexity index is 474. The number of carbonyl (C=O) groups excluding carboxylic acids is 2. The molecule has 0 aromatic carbocycles. The Hall–Kier alpha value is -1.78. The van der Waals surface area contributed by atoms with Crippen LogP contribution in [0.25, 0.3) is 0 Å². The van der Waals surface area contributed by atoms with Gasteiger partial charge in [0.15, 0.2) is 0 Å². The van der Waals surface area contributed by atoms with Crippen LogP contribution in [0.1, 0.15) is 27.2 Å². The lowest BCUT2D eigenvalue weighted by molar-refractivity contribution is -0.132. The maximum Gasteiger partial charge on any atom is 0.225 e. The van der Waals surface area contributed by atoms with E-state index in [1.54, 1.807) is 4.90 Å². The van der Waals surface area contributed by atoms with E-state index in [0.29, 0.717) is 19.5 Å². The molecule has 0 radical (unpaired) electrons. The summed E-state index contributed by atoms with van der Waals surface area (Å²) in [5.74, 6) is -0.160. The zero-order chi connectivity index (χ0) is 14.8. The molecule has 0 aliphatic carbocycles. The first-order chi connectivity index (χ1) is 9.38. The molecule has 1 aromatic heterocycles. The molecule has 0 spiro atoms. The highest BCUT2D eigenvalue weighted by atomic mass is 16.2. The van der Waals surface area contributed by atoms with Crippen molar-refractivity contribution in [3.05, 3.63) is 24.5 Å². The monoisotopic (exact) mass is 277 g/mol.